The molecule has 0 aromatic carbocycles. The van der Waals surface area contributed by atoms with Gasteiger partial charge in [0.2, 0.25) is 5.88 Å². The molecule has 0 aliphatic rings. The smallest absolute Gasteiger partial charge is 0.216 e. The lowest BCUT2D eigenvalue weighted by molar-refractivity contribution is 0.395. The Bertz CT molecular complexity index is 562. The molecule has 0 bridgehead atoms. The minimum absolute atomic E-state index is 0.191. The highest BCUT2D eigenvalue weighted by atomic mass is 79.9. The van der Waals surface area contributed by atoms with Crippen molar-refractivity contribution in [2.24, 2.45) is 0 Å². The summed E-state index contributed by atoms with van der Waals surface area (Å²) in [6, 6.07) is 4.17. The molecule has 1 unspecified atom stereocenters. The van der Waals surface area contributed by atoms with Crippen molar-refractivity contribution in [1.29, 1.82) is 0 Å². The third-order valence-corrected chi connectivity index (χ3v) is 5.11. The van der Waals surface area contributed by atoms with E-state index >= 15 is 0 Å². The van der Waals surface area contributed by atoms with Crippen molar-refractivity contribution >= 4 is 43.2 Å². The quantitative estimate of drug-likeness (QED) is 0.824. The molecule has 4 nitrogen and oxygen atoms in total. The van der Waals surface area contributed by atoms with Gasteiger partial charge in [-0.1, -0.05) is 0 Å². The fourth-order valence-corrected chi connectivity index (χ4v) is 4.74. The van der Waals surface area contributed by atoms with E-state index in [2.05, 4.69) is 53.2 Å². The third-order valence-electron chi connectivity index (χ3n) is 2.73. The zero-order chi connectivity index (χ0) is 13.8. The second-order valence-corrected chi connectivity index (χ2v) is 7.63. The van der Waals surface area contributed by atoms with E-state index < -0.39 is 0 Å². The lowest BCUT2D eigenvalue weighted by Crippen LogP contribution is -2.19. The summed E-state index contributed by atoms with van der Waals surface area (Å²) in [6.45, 7) is 0. The molecule has 102 valence electrons. The Morgan fingerprint density at radius 2 is 2.16 bits per heavy atom. The van der Waals surface area contributed by atoms with Gasteiger partial charge in [0.1, 0.15) is 6.33 Å². The van der Waals surface area contributed by atoms with E-state index in [0.717, 1.165) is 19.7 Å². The number of methoxy groups -OCH3 is 1. The molecule has 7 heteroatoms. The number of likely N-dealkylation sites (N-methyl/N-ethyl adjacent to an activating group) is 1. The molecule has 2 rings (SSSR count). The van der Waals surface area contributed by atoms with Crippen LogP contribution in [0.3, 0.4) is 0 Å². The molecular weight excluding hydrogens is 394 g/mol. The lowest BCUT2D eigenvalue weighted by atomic mass is 10.1. The van der Waals surface area contributed by atoms with Gasteiger partial charge in [0.15, 0.2) is 0 Å². The van der Waals surface area contributed by atoms with E-state index in [1.807, 2.05) is 13.1 Å². The summed E-state index contributed by atoms with van der Waals surface area (Å²) in [4.78, 5) is 8.30. The van der Waals surface area contributed by atoms with Gasteiger partial charge in [0.25, 0.3) is 0 Å². The molecule has 0 fully saturated rings. The van der Waals surface area contributed by atoms with Crippen LogP contribution in [-0.2, 0) is 6.42 Å². The van der Waals surface area contributed by atoms with Gasteiger partial charge in [-0.2, -0.15) is 0 Å². The first kappa shape index (κ1) is 14.9. The number of rotatable bonds is 5. The molecule has 0 spiro atoms. The summed E-state index contributed by atoms with van der Waals surface area (Å²) < 4.78 is 7.35. The first-order valence-corrected chi connectivity index (χ1v) is 8.01. The normalized spacial score (nSPS) is 12.4. The summed E-state index contributed by atoms with van der Waals surface area (Å²) in [5, 5.41) is 3.31. The number of nitrogens with one attached hydrogen (secondary N) is 1. The van der Waals surface area contributed by atoms with Crippen molar-refractivity contribution < 1.29 is 4.74 Å². The van der Waals surface area contributed by atoms with Gasteiger partial charge in [-0.25, -0.2) is 9.97 Å². The maximum Gasteiger partial charge on any atom is 0.216 e. The van der Waals surface area contributed by atoms with Gasteiger partial charge in [-0.3, -0.25) is 0 Å². The van der Waals surface area contributed by atoms with E-state index in [9.17, 15) is 0 Å². The van der Waals surface area contributed by atoms with Gasteiger partial charge in [-0.15, -0.1) is 11.3 Å². The van der Waals surface area contributed by atoms with Crippen LogP contribution in [0.15, 0.2) is 26.0 Å². The van der Waals surface area contributed by atoms with Gasteiger partial charge < -0.3 is 10.1 Å². The van der Waals surface area contributed by atoms with Crippen LogP contribution in [0.2, 0.25) is 0 Å². The van der Waals surface area contributed by atoms with E-state index in [4.69, 9.17) is 4.74 Å². The van der Waals surface area contributed by atoms with Crippen LogP contribution in [0, 0.1) is 0 Å². The number of hydrogen-bond donors (Lipinski definition) is 1. The van der Waals surface area contributed by atoms with Crippen LogP contribution >= 0.6 is 43.2 Å². The molecule has 2 aromatic heterocycles. The first-order valence-electron chi connectivity index (χ1n) is 5.61. The van der Waals surface area contributed by atoms with Crippen LogP contribution in [-0.4, -0.2) is 24.1 Å². The van der Waals surface area contributed by atoms with Crippen LogP contribution in [0.4, 0.5) is 0 Å². The number of nitrogens with zero attached hydrogens (tertiary/aromatic N) is 2. The maximum absolute atomic E-state index is 5.12. The summed E-state index contributed by atoms with van der Waals surface area (Å²) >= 11 is 8.76. The largest absolute Gasteiger partial charge is 0.481 e. The highest BCUT2D eigenvalue weighted by Crippen LogP contribution is 2.36. The summed E-state index contributed by atoms with van der Waals surface area (Å²) in [7, 11) is 3.55. The van der Waals surface area contributed by atoms with Crippen LogP contribution < -0.4 is 10.1 Å². The molecule has 0 aliphatic carbocycles. The molecule has 0 saturated carbocycles. The van der Waals surface area contributed by atoms with E-state index in [1.165, 1.54) is 11.9 Å². The zero-order valence-electron chi connectivity index (χ0n) is 10.5. The lowest BCUT2D eigenvalue weighted by Gasteiger charge is -2.15. The number of thiophene rings is 1. The average molecular weight is 407 g/mol. The topological polar surface area (TPSA) is 47.0 Å². The standard InChI is InChI=1S/C12H13Br2N3OS/c1-15-9(8-5-10(13)19-12(8)14)3-7-4-11(18-2)17-6-16-7/h4-6,9,15H,3H2,1-2H3. The minimum Gasteiger partial charge on any atom is -0.481 e. The molecule has 0 saturated heterocycles. The van der Waals surface area contributed by atoms with E-state index in [-0.39, 0.29) is 6.04 Å². The number of halogens is 2. The highest BCUT2D eigenvalue weighted by molar-refractivity contribution is 9.12. The van der Waals surface area contributed by atoms with E-state index in [0.29, 0.717) is 5.88 Å². The van der Waals surface area contributed by atoms with Gasteiger partial charge in [0.05, 0.1) is 14.7 Å². The number of aromatic nitrogens is 2. The van der Waals surface area contributed by atoms with Crippen molar-refractivity contribution in [3.63, 3.8) is 0 Å². The van der Waals surface area contributed by atoms with Crippen LogP contribution in [0.25, 0.3) is 0 Å². The zero-order valence-corrected chi connectivity index (χ0v) is 14.5. The third kappa shape index (κ3) is 3.75. The van der Waals surface area contributed by atoms with Crippen molar-refractivity contribution in [3.8, 4) is 5.88 Å². The summed E-state index contributed by atoms with van der Waals surface area (Å²) in [5.74, 6) is 0.588. The van der Waals surface area contributed by atoms with Gasteiger partial charge >= 0.3 is 0 Å². The molecule has 1 atom stereocenters. The second kappa shape index (κ2) is 6.78. The fraction of sp³-hybridized carbons (Fsp3) is 0.333. The Hall–Kier alpha value is -0.500. The summed E-state index contributed by atoms with van der Waals surface area (Å²) in [6.07, 6.45) is 2.30. The van der Waals surface area contributed by atoms with Gasteiger partial charge in [-0.05, 0) is 50.5 Å². The molecule has 2 aromatic rings. The fourth-order valence-electron chi connectivity index (χ4n) is 1.77. The molecule has 19 heavy (non-hydrogen) atoms. The monoisotopic (exact) mass is 405 g/mol. The second-order valence-electron chi connectivity index (χ2n) is 3.88. The molecule has 0 radical (unpaired) electrons. The van der Waals surface area contributed by atoms with Crippen molar-refractivity contribution in [3.05, 3.63) is 37.3 Å². The van der Waals surface area contributed by atoms with E-state index in [1.54, 1.807) is 18.4 Å². The molecule has 2 heterocycles. The predicted molar refractivity (Wildman–Crippen MR) is 83.8 cm³/mol. The Morgan fingerprint density at radius 1 is 1.37 bits per heavy atom. The van der Waals surface area contributed by atoms with Crippen LogP contribution in [0.5, 0.6) is 5.88 Å². The average Bonchev–Trinajstić information content (AvgIpc) is 2.75. The maximum atomic E-state index is 5.12. The highest BCUT2D eigenvalue weighted by Gasteiger charge is 2.17. The Morgan fingerprint density at radius 3 is 2.74 bits per heavy atom. The van der Waals surface area contributed by atoms with Crippen molar-refractivity contribution in [1.82, 2.24) is 15.3 Å². The predicted octanol–water partition coefficient (Wildman–Crippen LogP) is 3.57. The van der Waals surface area contributed by atoms with Gasteiger partial charge in [0, 0.05) is 24.2 Å². The van der Waals surface area contributed by atoms with Crippen molar-refractivity contribution in [2.45, 2.75) is 12.5 Å². The number of ether oxygens (including phenoxy) is 1. The molecule has 0 amide bonds. The molecule has 1 N–H and O–H groups in total. The van der Waals surface area contributed by atoms with Crippen molar-refractivity contribution in [2.75, 3.05) is 14.2 Å². The summed E-state index contributed by atoms with van der Waals surface area (Å²) in [5.41, 5.74) is 2.16. The number of hydrogen-bond acceptors (Lipinski definition) is 5. The Kier molecular flexibility index (Phi) is 5.32. The first-order chi connectivity index (χ1) is 9.13. The Labute approximate surface area is 132 Å². The SMILES string of the molecule is CNC(Cc1cc(OC)ncn1)c1cc(Br)sc1Br. The van der Waals surface area contributed by atoms with Crippen LogP contribution in [0.1, 0.15) is 17.3 Å². The Balaban J connectivity index is 2.21. The molecular formula is C12H13Br2N3OS. The molecule has 0 aliphatic heterocycles. The minimum atomic E-state index is 0.191.